The van der Waals surface area contributed by atoms with Gasteiger partial charge in [0.2, 0.25) is 0 Å². The topological polar surface area (TPSA) is 50.3 Å². The van der Waals surface area contributed by atoms with Crippen molar-refractivity contribution in [3.8, 4) is 0 Å². The average Bonchev–Trinajstić information content (AvgIpc) is 3.01. The number of hydrogen-bond acceptors (Lipinski definition) is 5. The summed E-state index contributed by atoms with van der Waals surface area (Å²) in [5, 5.41) is 12.0. The van der Waals surface area contributed by atoms with Gasteiger partial charge in [-0.05, 0) is 12.0 Å². The lowest BCUT2D eigenvalue weighted by Crippen LogP contribution is -2.52. The normalized spacial score (nSPS) is 25.1. The molecule has 2 aliphatic heterocycles. The van der Waals surface area contributed by atoms with Crippen LogP contribution in [-0.4, -0.2) is 34.9 Å². The zero-order valence-electron chi connectivity index (χ0n) is 13.7. The average molecular weight is 345 g/mol. The van der Waals surface area contributed by atoms with Crippen LogP contribution in [0.1, 0.15) is 25.3 Å². The fourth-order valence-electron chi connectivity index (χ4n) is 3.82. The zero-order valence-corrected chi connectivity index (χ0v) is 14.5. The van der Waals surface area contributed by atoms with Gasteiger partial charge in [0.1, 0.15) is 0 Å². The molecule has 0 amide bonds. The van der Waals surface area contributed by atoms with E-state index >= 15 is 0 Å². The Hall–Kier alpha value is -1.85. The summed E-state index contributed by atoms with van der Waals surface area (Å²) in [6.45, 7) is 4.60. The summed E-state index contributed by atoms with van der Waals surface area (Å²) in [4.78, 5) is 2.41. The first-order chi connectivity index (χ1) is 11.7. The van der Waals surface area contributed by atoms with E-state index in [1.165, 1.54) is 5.56 Å². The van der Waals surface area contributed by atoms with Crippen molar-refractivity contribution in [3.05, 3.63) is 47.1 Å². The van der Waals surface area contributed by atoms with Crippen LogP contribution in [0.15, 0.2) is 36.4 Å². The van der Waals surface area contributed by atoms with Gasteiger partial charge in [-0.3, -0.25) is 0 Å². The number of ether oxygens (including phenoxy) is 1. The summed E-state index contributed by atoms with van der Waals surface area (Å²) in [7, 11) is 0. The molecule has 1 saturated heterocycles. The number of anilines is 2. The molecule has 1 aromatic carbocycles. The molecule has 0 spiro atoms. The molecule has 0 unspecified atom stereocenters. The number of hydrogen-bond donors (Lipinski definition) is 1. The lowest BCUT2D eigenvalue weighted by atomic mass is 9.90. The summed E-state index contributed by atoms with van der Waals surface area (Å²) < 4.78 is 6.21. The predicted molar refractivity (Wildman–Crippen MR) is 95.5 cm³/mol. The van der Waals surface area contributed by atoms with Crippen LogP contribution in [0.5, 0.6) is 0 Å². The zero-order chi connectivity index (χ0) is 16.6. The lowest BCUT2D eigenvalue weighted by molar-refractivity contribution is 0.0496. The largest absolute Gasteiger partial charge is 0.372 e. The van der Waals surface area contributed by atoms with Crippen LogP contribution in [0.25, 0.3) is 0 Å². The van der Waals surface area contributed by atoms with E-state index in [0.717, 1.165) is 37.4 Å². The van der Waals surface area contributed by atoms with E-state index in [-0.39, 0.29) is 11.6 Å². The highest BCUT2D eigenvalue weighted by Crippen LogP contribution is 2.44. The van der Waals surface area contributed by atoms with E-state index in [1.54, 1.807) is 0 Å². The fourth-order valence-corrected chi connectivity index (χ4v) is 3.96. The molecule has 1 N–H and O–H groups in total. The summed E-state index contributed by atoms with van der Waals surface area (Å²) >= 11 is 6.07. The molecule has 3 heterocycles. The van der Waals surface area contributed by atoms with Crippen LogP contribution < -0.4 is 10.2 Å². The van der Waals surface area contributed by atoms with Crippen molar-refractivity contribution in [2.75, 3.05) is 23.3 Å². The quantitative estimate of drug-likeness (QED) is 0.920. The van der Waals surface area contributed by atoms with E-state index in [9.17, 15) is 0 Å². The van der Waals surface area contributed by atoms with Crippen molar-refractivity contribution >= 4 is 23.1 Å². The second-order valence-corrected chi connectivity index (χ2v) is 6.95. The third-order valence-electron chi connectivity index (χ3n) is 5.17. The number of nitrogens with zero attached hydrogens (tertiary/aromatic N) is 3. The Balaban J connectivity index is 1.54. The minimum atomic E-state index is 0.0563. The molecule has 2 aliphatic rings. The van der Waals surface area contributed by atoms with Gasteiger partial charge < -0.3 is 15.0 Å². The molecule has 1 aromatic heterocycles. The van der Waals surface area contributed by atoms with E-state index in [4.69, 9.17) is 16.3 Å². The molecule has 5 nitrogen and oxygen atoms in total. The molecule has 126 valence electrons. The molecule has 2 atom stereocenters. The molecule has 0 saturated carbocycles. The van der Waals surface area contributed by atoms with Crippen molar-refractivity contribution in [3.63, 3.8) is 0 Å². The number of benzene rings is 1. The van der Waals surface area contributed by atoms with Crippen LogP contribution in [0.2, 0.25) is 5.15 Å². The Morgan fingerprint density at radius 2 is 2.17 bits per heavy atom. The van der Waals surface area contributed by atoms with Crippen molar-refractivity contribution in [2.45, 2.75) is 38.0 Å². The lowest BCUT2D eigenvalue weighted by Gasteiger charge is -2.43. The monoisotopic (exact) mass is 344 g/mol. The van der Waals surface area contributed by atoms with Crippen LogP contribution in [0, 0.1) is 0 Å². The molecule has 2 aromatic rings. The van der Waals surface area contributed by atoms with Crippen molar-refractivity contribution in [2.24, 2.45) is 0 Å². The molecule has 6 heteroatoms. The molecule has 0 aliphatic carbocycles. The summed E-state index contributed by atoms with van der Waals surface area (Å²) in [6.07, 6.45) is 2.25. The van der Waals surface area contributed by atoms with Gasteiger partial charge in [-0.1, -0.05) is 48.9 Å². The third kappa shape index (κ3) is 2.72. The van der Waals surface area contributed by atoms with Crippen LogP contribution in [0.4, 0.5) is 11.5 Å². The van der Waals surface area contributed by atoms with Gasteiger partial charge >= 0.3 is 0 Å². The summed E-state index contributed by atoms with van der Waals surface area (Å²) in [6, 6.07) is 12.2. The van der Waals surface area contributed by atoms with Crippen LogP contribution >= 0.6 is 11.6 Å². The minimum Gasteiger partial charge on any atom is -0.372 e. The minimum absolute atomic E-state index is 0.0563. The Morgan fingerprint density at radius 3 is 2.96 bits per heavy atom. The highest BCUT2D eigenvalue weighted by atomic mass is 35.5. The molecule has 0 bridgehead atoms. The van der Waals surface area contributed by atoms with Gasteiger partial charge in [0, 0.05) is 25.6 Å². The van der Waals surface area contributed by atoms with E-state index < -0.39 is 0 Å². The van der Waals surface area contributed by atoms with Crippen LogP contribution in [0.3, 0.4) is 0 Å². The van der Waals surface area contributed by atoms with Gasteiger partial charge in [0.05, 0.1) is 23.9 Å². The molecule has 0 radical (unpaired) electrons. The van der Waals surface area contributed by atoms with E-state index in [0.29, 0.717) is 11.8 Å². The Kier molecular flexibility index (Phi) is 4.06. The van der Waals surface area contributed by atoms with Crippen molar-refractivity contribution in [1.29, 1.82) is 0 Å². The molecular formula is C18H21ClN4O. The van der Waals surface area contributed by atoms with Gasteiger partial charge in [-0.2, -0.15) is 0 Å². The summed E-state index contributed by atoms with van der Waals surface area (Å²) in [5.41, 5.74) is 2.30. The standard InChI is InChI=1S/C18H21ClN4O/c1-2-18-9-14(24-11-13-6-4-3-5-7-13)10-23(18)15-8-16(19)21-22-17(15)20-12-18/h3-8,14H,2,9-12H2,1H3,(H,20,22)/t14-,18+/m1/s1. The van der Waals surface area contributed by atoms with Crippen LogP contribution in [-0.2, 0) is 11.3 Å². The first-order valence-corrected chi connectivity index (χ1v) is 8.78. The Morgan fingerprint density at radius 1 is 1.33 bits per heavy atom. The number of nitrogens with one attached hydrogen (secondary N) is 1. The molecular weight excluding hydrogens is 324 g/mol. The number of fused-ring (bicyclic) bond motifs is 3. The first-order valence-electron chi connectivity index (χ1n) is 8.40. The highest BCUT2D eigenvalue weighted by molar-refractivity contribution is 6.29. The van der Waals surface area contributed by atoms with Gasteiger partial charge in [-0.15, -0.1) is 10.2 Å². The third-order valence-corrected chi connectivity index (χ3v) is 5.36. The Bertz CT molecular complexity index is 726. The van der Waals surface area contributed by atoms with Crippen molar-refractivity contribution < 1.29 is 4.74 Å². The van der Waals surface area contributed by atoms with E-state index in [2.05, 4.69) is 39.5 Å². The second kappa shape index (κ2) is 6.22. The SMILES string of the molecule is CC[C@]12CNc3nnc(Cl)cc3N1C[C@H](OCc1ccccc1)C2. The maximum atomic E-state index is 6.21. The number of aromatic nitrogens is 2. The second-order valence-electron chi connectivity index (χ2n) is 6.57. The van der Waals surface area contributed by atoms with Crippen molar-refractivity contribution in [1.82, 2.24) is 10.2 Å². The number of rotatable bonds is 4. The Labute approximate surface area is 147 Å². The maximum Gasteiger partial charge on any atom is 0.172 e. The predicted octanol–water partition coefficient (Wildman–Crippen LogP) is 3.50. The number of halogens is 1. The summed E-state index contributed by atoms with van der Waals surface area (Å²) in [5.74, 6) is 0.812. The van der Waals surface area contributed by atoms with E-state index in [1.807, 2.05) is 24.3 Å². The smallest absolute Gasteiger partial charge is 0.172 e. The highest BCUT2D eigenvalue weighted by Gasteiger charge is 2.48. The van der Waals surface area contributed by atoms with Gasteiger partial charge in [0.15, 0.2) is 11.0 Å². The van der Waals surface area contributed by atoms with Gasteiger partial charge in [0.25, 0.3) is 0 Å². The first kappa shape index (κ1) is 15.7. The van der Waals surface area contributed by atoms with Gasteiger partial charge in [-0.25, -0.2) is 0 Å². The molecule has 24 heavy (non-hydrogen) atoms. The fraction of sp³-hybridized carbons (Fsp3) is 0.444. The maximum absolute atomic E-state index is 6.21. The molecule has 1 fully saturated rings. The molecule has 4 rings (SSSR count).